The van der Waals surface area contributed by atoms with Crippen molar-refractivity contribution in [2.45, 2.75) is 19.8 Å². The van der Waals surface area contributed by atoms with Crippen LogP contribution in [0.3, 0.4) is 0 Å². The number of benzene rings is 3. The van der Waals surface area contributed by atoms with Gasteiger partial charge in [-0.2, -0.15) is 0 Å². The summed E-state index contributed by atoms with van der Waals surface area (Å²) in [6.45, 7) is -3.03. The molecule has 0 atom stereocenters. The van der Waals surface area contributed by atoms with Crippen molar-refractivity contribution in [3.05, 3.63) is 93.1 Å². The molecule has 3 rings (SSSR count). The third-order valence-electron chi connectivity index (χ3n) is 4.49. The molecule has 0 aromatic heterocycles. The summed E-state index contributed by atoms with van der Waals surface area (Å²) in [7, 11) is 0. The lowest BCUT2D eigenvalue weighted by molar-refractivity contribution is 0.259. The van der Waals surface area contributed by atoms with Crippen LogP contribution in [0.25, 0.3) is 0 Å². The van der Waals surface area contributed by atoms with E-state index in [1.54, 1.807) is 0 Å². The predicted octanol–water partition coefficient (Wildman–Crippen LogP) is 5.73. The van der Waals surface area contributed by atoms with Crippen LogP contribution >= 0.6 is 0 Å². The standard InChI is InChI=1S/C21H10F10O3/c22-12-10(13(23)17(27)20(30)16(12)26)5-33-8-1-7(4-32)2-9(3-8)34-6-11-14(24)18(28)21(31)19(29)15(11)25/h1-3,32H,4-6H2. The Labute approximate surface area is 183 Å². The van der Waals surface area contributed by atoms with Gasteiger partial charge in [-0.25, -0.2) is 43.9 Å². The first kappa shape index (κ1) is 25.1. The molecule has 182 valence electrons. The number of rotatable bonds is 7. The summed E-state index contributed by atoms with van der Waals surface area (Å²) in [4.78, 5) is 0. The molecule has 0 heterocycles. The molecule has 0 fully saturated rings. The highest BCUT2D eigenvalue weighted by Gasteiger charge is 2.27. The van der Waals surface area contributed by atoms with Crippen LogP contribution in [0.1, 0.15) is 16.7 Å². The predicted molar refractivity (Wildman–Crippen MR) is 93.5 cm³/mol. The Hall–Kier alpha value is -3.48. The molecule has 3 aromatic carbocycles. The van der Waals surface area contributed by atoms with E-state index in [-0.39, 0.29) is 17.1 Å². The van der Waals surface area contributed by atoms with Crippen LogP contribution in [0.15, 0.2) is 18.2 Å². The van der Waals surface area contributed by atoms with Gasteiger partial charge in [0.1, 0.15) is 24.7 Å². The van der Waals surface area contributed by atoms with E-state index in [0.29, 0.717) is 0 Å². The average Bonchev–Trinajstić information content (AvgIpc) is 2.83. The zero-order valence-electron chi connectivity index (χ0n) is 16.4. The largest absolute Gasteiger partial charge is 0.489 e. The first-order valence-corrected chi connectivity index (χ1v) is 8.98. The molecular formula is C21H10F10O3. The zero-order valence-corrected chi connectivity index (χ0v) is 16.4. The average molecular weight is 500 g/mol. The van der Waals surface area contributed by atoms with Gasteiger partial charge in [0.15, 0.2) is 46.5 Å². The molecule has 0 aliphatic heterocycles. The molecule has 1 N–H and O–H groups in total. The van der Waals surface area contributed by atoms with Crippen molar-refractivity contribution in [2.24, 2.45) is 0 Å². The second-order valence-corrected chi connectivity index (χ2v) is 6.65. The smallest absolute Gasteiger partial charge is 0.200 e. The summed E-state index contributed by atoms with van der Waals surface area (Å²) in [5, 5.41) is 9.31. The van der Waals surface area contributed by atoms with Gasteiger partial charge in [0, 0.05) is 6.07 Å². The number of halogens is 10. The molecule has 0 amide bonds. The highest BCUT2D eigenvalue weighted by atomic mass is 19.2. The molecule has 0 aliphatic carbocycles. The Morgan fingerprint density at radius 2 is 0.765 bits per heavy atom. The SMILES string of the molecule is OCc1cc(OCc2c(F)c(F)c(F)c(F)c2F)cc(OCc2c(F)c(F)c(F)c(F)c2F)c1. The molecule has 0 spiro atoms. The van der Waals surface area contributed by atoms with E-state index in [0.717, 1.165) is 18.2 Å². The highest BCUT2D eigenvalue weighted by molar-refractivity contribution is 5.39. The Morgan fingerprint density at radius 1 is 0.471 bits per heavy atom. The summed E-state index contributed by atoms with van der Waals surface area (Å²) >= 11 is 0. The third kappa shape index (κ3) is 4.60. The van der Waals surface area contributed by atoms with E-state index >= 15 is 0 Å². The molecule has 0 unspecified atom stereocenters. The molecular weight excluding hydrogens is 490 g/mol. The van der Waals surface area contributed by atoms with Gasteiger partial charge in [-0.05, 0) is 17.7 Å². The molecule has 0 saturated carbocycles. The summed E-state index contributed by atoms with van der Waals surface area (Å²) in [5.41, 5.74) is -2.63. The Balaban J connectivity index is 1.86. The molecule has 0 aliphatic rings. The van der Waals surface area contributed by atoms with Crippen molar-refractivity contribution in [2.75, 3.05) is 0 Å². The quantitative estimate of drug-likeness (QED) is 0.256. The van der Waals surface area contributed by atoms with Crippen molar-refractivity contribution in [3.63, 3.8) is 0 Å². The minimum atomic E-state index is -2.37. The molecule has 0 radical (unpaired) electrons. The maximum atomic E-state index is 13.8. The summed E-state index contributed by atoms with van der Waals surface area (Å²) < 4.78 is 145. The van der Waals surface area contributed by atoms with Crippen LogP contribution in [0.2, 0.25) is 0 Å². The lowest BCUT2D eigenvalue weighted by Gasteiger charge is -2.14. The second kappa shape index (κ2) is 9.79. The Bertz CT molecular complexity index is 1110. The number of aliphatic hydroxyl groups excluding tert-OH is 1. The number of hydrogen-bond donors (Lipinski definition) is 1. The first-order chi connectivity index (χ1) is 16.0. The molecule has 13 heteroatoms. The van der Waals surface area contributed by atoms with Crippen LogP contribution in [-0.2, 0) is 19.8 Å². The van der Waals surface area contributed by atoms with E-state index in [1.807, 2.05) is 0 Å². The number of ether oxygens (including phenoxy) is 2. The lowest BCUT2D eigenvalue weighted by Crippen LogP contribution is -2.10. The van der Waals surface area contributed by atoms with Crippen LogP contribution in [0, 0.1) is 58.2 Å². The van der Waals surface area contributed by atoms with Gasteiger partial charge in [0.05, 0.1) is 17.7 Å². The van der Waals surface area contributed by atoms with Gasteiger partial charge in [0.25, 0.3) is 0 Å². The lowest BCUT2D eigenvalue weighted by atomic mass is 10.1. The highest BCUT2D eigenvalue weighted by Crippen LogP contribution is 2.29. The fourth-order valence-electron chi connectivity index (χ4n) is 2.75. The fourth-order valence-corrected chi connectivity index (χ4v) is 2.75. The third-order valence-corrected chi connectivity index (χ3v) is 4.49. The van der Waals surface area contributed by atoms with Gasteiger partial charge >= 0.3 is 0 Å². The molecule has 34 heavy (non-hydrogen) atoms. The monoisotopic (exact) mass is 500 g/mol. The Morgan fingerprint density at radius 3 is 1.06 bits per heavy atom. The van der Waals surface area contributed by atoms with E-state index < -0.39 is 89.1 Å². The van der Waals surface area contributed by atoms with E-state index in [2.05, 4.69) is 0 Å². The minimum Gasteiger partial charge on any atom is -0.489 e. The van der Waals surface area contributed by atoms with Crippen LogP contribution in [-0.4, -0.2) is 5.11 Å². The number of hydrogen-bond acceptors (Lipinski definition) is 3. The topological polar surface area (TPSA) is 38.7 Å². The van der Waals surface area contributed by atoms with Crippen LogP contribution < -0.4 is 9.47 Å². The van der Waals surface area contributed by atoms with Gasteiger partial charge in [-0.15, -0.1) is 0 Å². The second-order valence-electron chi connectivity index (χ2n) is 6.65. The molecule has 0 saturated heterocycles. The molecule has 0 bridgehead atoms. The maximum absolute atomic E-state index is 13.8. The van der Waals surface area contributed by atoms with Crippen molar-refractivity contribution >= 4 is 0 Å². The van der Waals surface area contributed by atoms with Crippen molar-refractivity contribution in [1.29, 1.82) is 0 Å². The van der Waals surface area contributed by atoms with Crippen molar-refractivity contribution in [1.82, 2.24) is 0 Å². The number of aliphatic hydroxyl groups is 1. The maximum Gasteiger partial charge on any atom is 0.200 e. The van der Waals surface area contributed by atoms with Gasteiger partial charge in [0.2, 0.25) is 11.6 Å². The van der Waals surface area contributed by atoms with Gasteiger partial charge < -0.3 is 14.6 Å². The molecule has 3 aromatic rings. The van der Waals surface area contributed by atoms with E-state index in [1.165, 1.54) is 0 Å². The van der Waals surface area contributed by atoms with Crippen molar-refractivity contribution in [3.8, 4) is 11.5 Å². The van der Waals surface area contributed by atoms with E-state index in [4.69, 9.17) is 9.47 Å². The Kier molecular flexibility index (Phi) is 7.24. The van der Waals surface area contributed by atoms with Gasteiger partial charge in [-0.3, -0.25) is 0 Å². The summed E-state index contributed by atoms with van der Waals surface area (Å²) in [6, 6.07) is 3.05. The summed E-state index contributed by atoms with van der Waals surface area (Å²) in [5.74, 6) is -22.8. The van der Waals surface area contributed by atoms with E-state index in [9.17, 15) is 49.0 Å². The minimum absolute atomic E-state index is 0.0117. The van der Waals surface area contributed by atoms with Crippen LogP contribution in [0.5, 0.6) is 11.5 Å². The van der Waals surface area contributed by atoms with Crippen molar-refractivity contribution < 1.29 is 58.5 Å². The van der Waals surface area contributed by atoms with Gasteiger partial charge in [-0.1, -0.05) is 0 Å². The van der Waals surface area contributed by atoms with Crippen LogP contribution in [0.4, 0.5) is 43.9 Å². The normalized spacial score (nSPS) is 11.1. The first-order valence-electron chi connectivity index (χ1n) is 8.98. The zero-order chi connectivity index (χ0) is 25.3. The fraction of sp³-hybridized carbons (Fsp3) is 0.143. The molecule has 3 nitrogen and oxygen atoms in total. The summed E-state index contributed by atoms with van der Waals surface area (Å²) in [6.07, 6.45) is 0.